The van der Waals surface area contributed by atoms with Crippen LogP contribution in [0.4, 0.5) is 0 Å². The van der Waals surface area contributed by atoms with Gasteiger partial charge in [-0.2, -0.15) is 5.10 Å². The summed E-state index contributed by atoms with van der Waals surface area (Å²) < 4.78 is 2.07. The molecule has 1 saturated carbocycles. The normalized spacial score (nSPS) is 30.8. The van der Waals surface area contributed by atoms with E-state index in [1.54, 1.807) is 0 Å². The minimum atomic E-state index is 0.317. The minimum absolute atomic E-state index is 0.317. The second-order valence-corrected chi connectivity index (χ2v) is 7.14. The summed E-state index contributed by atoms with van der Waals surface area (Å²) in [7, 11) is 2.08. The van der Waals surface area contributed by atoms with Crippen molar-refractivity contribution in [3.05, 3.63) is 17.5 Å². The molecule has 4 nitrogen and oxygen atoms in total. The van der Waals surface area contributed by atoms with Crippen molar-refractivity contribution < 1.29 is 0 Å². The lowest BCUT2D eigenvalue weighted by atomic mass is 9.90. The minimum Gasteiger partial charge on any atom is -0.308 e. The molecule has 0 spiro atoms. The molecule has 0 radical (unpaired) electrons. The second-order valence-electron chi connectivity index (χ2n) is 7.14. The fourth-order valence-corrected chi connectivity index (χ4v) is 3.77. The van der Waals surface area contributed by atoms with Gasteiger partial charge in [-0.25, -0.2) is 0 Å². The lowest BCUT2D eigenvalue weighted by Crippen LogP contribution is -2.63. The summed E-state index contributed by atoms with van der Waals surface area (Å²) in [4.78, 5) is 2.69. The van der Waals surface area contributed by atoms with Gasteiger partial charge in [-0.3, -0.25) is 9.58 Å². The van der Waals surface area contributed by atoms with Gasteiger partial charge in [0.25, 0.3) is 0 Å². The average Bonchev–Trinajstić information content (AvgIpc) is 3.26. The first-order valence-electron chi connectivity index (χ1n) is 8.56. The number of rotatable bonds is 5. The van der Waals surface area contributed by atoms with Gasteiger partial charge in [0, 0.05) is 38.3 Å². The van der Waals surface area contributed by atoms with Crippen LogP contribution in [-0.4, -0.2) is 39.4 Å². The fraction of sp³-hybridized carbons (Fsp3) is 0.824. The number of aryl methyl sites for hydroxylation is 2. The summed E-state index contributed by atoms with van der Waals surface area (Å²) in [5, 5.41) is 8.44. The maximum Gasteiger partial charge on any atom is 0.0625 e. The van der Waals surface area contributed by atoms with Gasteiger partial charge in [-0.15, -0.1) is 0 Å². The first kappa shape index (κ1) is 15.0. The molecule has 3 rings (SSSR count). The molecule has 0 bridgehead atoms. The van der Waals surface area contributed by atoms with Crippen molar-refractivity contribution in [2.45, 2.75) is 64.6 Å². The molecular formula is C17H30N4. The maximum absolute atomic E-state index is 4.60. The van der Waals surface area contributed by atoms with Crippen LogP contribution in [0.3, 0.4) is 0 Å². The van der Waals surface area contributed by atoms with E-state index in [2.05, 4.69) is 53.9 Å². The van der Waals surface area contributed by atoms with E-state index in [0.29, 0.717) is 11.6 Å². The Kier molecular flexibility index (Phi) is 4.10. The molecule has 2 heterocycles. The molecule has 21 heavy (non-hydrogen) atoms. The van der Waals surface area contributed by atoms with E-state index < -0.39 is 0 Å². The van der Waals surface area contributed by atoms with Crippen molar-refractivity contribution in [3.8, 4) is 0 Å². The average molecular weight is 290 g/mol. The molecule has 1 saturated heterocycles. The predicted octanol–water partition coefficient (Wildman–Crippen LogP) is 2.33. The molecule has 1 aliphatic heterocycles. The highest BCUT2D eigenvalue weighted by molar-refractivity contribution is 5.12. The first-order valence-corrected chi connectivity index (χ1v) is 8.56. The van der Waals surface area contributed by atoms with Crippen LogP contribution in [-0.2, 0) is 20.0 Å². The van der Waals surface area contributed by atoms with Gasteiger partial charge in [0.2, 0.25) is 0 Å². The molecular weight excluding hydrogens is 260 g/mol. The van der Waals surface area contributed by atoms with E-state index in [0.717, 1.165) is 25.4 Å². The van der Waals surface area contributed by atoms with Gasteiger partial charge >= 0.3 is 0 Å². The van der Waals surface area contributed by atoms with Crippen LogP contribution in [0.15, 0.2) is 6.07 Å². The third-order valence-electron chi connectivity index (χ3n) is 5.49. The Morgan fingerprint density at radius 1 is 1.38 bits per heavy atom. The Bertz CT molecular complexity index is 491. The molecule has 0 aromatic carbocycles. The van der Waals surface area contributed by atoms with Crippen molar-refractivity contribution >= 4 is 0 Å². The number of hydrogen-bond donors (Lipinski definition) is 1. The van der Waals surface area contributed by atoms with Crippen LogP contribution in [0.1, 0.15) is 51.4 Å². The lowest BCUT2D eigenvalue weighted by molar-refractivity contribution is 0.0646. The standard InChI is InChI=1S/C17H30N4/c1-5-14-9-16(20(4)19-14)11-21-12-17(3,13-7-8-13)18-10-15(21)6-2/h9,13,15,18H,5-8,10-12H2,1-4H3. The van der Waals surface area contributed by atoms with Crippen molar-refractivity contribution in [1.82, 2.24) is 20.0 Å². The van der Waals surface area contributed by atoms with Crippen molar-refractivity contribution in [2.24, 2.45) is 13.0 Å². The van der Waals surface area contributed by atoms with Gasteiger partial charge in [0.1, 0.15) is 0 Å². The summed E-state index contributed by atoms with van der Waals surface area (Å²) in [5.41, 5.74) is 2.88. The van der Waals surface area contributed by atoms with Crippen molar-refractivity contribution in [3.63, 3.8) is 0 Å². The summed E-state index contributed by atoms with van der Waals surface area (Å²) in [5.74, 6) is 0.885. The van der Waals surface area contributed by atoms with E-state index in [1.165, 1.54) is 37.2 Å². The molecule has 2 unspecified atom stereocenters. The molecule has 2 fully saturated rings. The van der Waals surface area contributed by atoms with Crippen LogP contribution < -0.4 is 5.32 Å². The quantitative estimate of drug-likeness (QED) is 0.903. The fourth-order valence-electron chi connectivity index (χ4n) is 3.77. The Hall–Kier alpha value is -0.870. The number of nitrogens with zero attached hydrogens (tertiary/aromatic N) is 3. The predicted molar refractivity (Wildman–Crippen MR) is 86.2 cm³/mol. The molecule has 0 amide bonds. The SMILES string of the molecule is CCc1cc(CN2CC(C)(C3CC3)NCC2CC)n(C)n1. The number of nitrogens with one attached hydrogen (secondary N) is 1. The summed E-state index contributed by atoms with van der Waals surface area (Å²) >= 11 is 0. The zero-order chi connectivity index (χ0) is 15.0. The van der Waals surface area contributed by atoms with E-state index >= 15 is 0 Å². The van der Waals surface area contributed by atoms with Crippen LogP contribution in [0.25, 0.3) is 0 Å². The van der Waals surface area contributed by atoms with Crippen LogP contribution in [0.5, 0.6) is 0 Å². The number of aromatic nitrogens is 2. The Morgan fingerprint density at radius 2 is 2.14 bits per heavy atom. The van der Waals surface area contributed by atoms with Gasteiger partial charge in [-0.05, 0) is 44.6 Å². The molecule has 2 aliphatic rings. The first-order chi connectivity index (χ1) is 10.1. The second kappa shape index (κ2) is 5.73. The van der Waals surface area contributed by atoms with Crippen molar-refractivity contribution in [1.29, 1.82) is 0 Å². The van der Waals surface area contributed by atoms with Gasteiger partial charge in [-0.1, -0.05) is 13.8 Å². The highest BCUT2D eigenvalue weighted by Gasteiger charge is 2.45. The van der Waals surface area contributed by atoms with Crippen LogP contribution in [0, 0.1) is 5.92 Å². The molecule has 2 atom stereocenters. The largest absolute Gasteiger partial charge is 0.308 e. The third kappa shape index (κ3) is 3.02. The van der Waals surface area contributed by atoms with Crippen molar-refractivity contribution in [2.75, 3.05) is 13.1 Å². The third-order valence-corrected chi connectivity index (χ3v) is 5.49. The van der Waals surface area contributed by atoms with Gasteiger partial charge < -0.3 is 5.32 Å². The Balaban J connectivity index is 1.74. The summed E-state index contributed by atoms with van der Waals surface area (Å²) in [6, 6.07) is 2.93. The molecule has 1 aromatic heterocycles. The number of hydrogen-bond acceptors (Lipinski definition) is 3. The zero-order valence-corrected chi connectivity index (χ0v) is 14.0. The van der Waals surface area contributed by atoms with E-state index in [1.807, 2.05) is 0 Å². The summed E-state index contributed by atoms with van der Waals surface area (Å²) in [6.45, 7) is 10.2. The van der Waals surface area contributed by atoms with E-state index in [4.69, 9.17) is 0 Å². The lowest BCUT2D eigenvalue weighted by Gasteiger charge is -2.46. The zero-order valence-electron chi connectivity index (χ0n) is 14.0. The highest BCUT2D eigenvalue weighted by atomic mass is 15.3. The topological polar surface area (TPSA) is 33.1 Å². The molecule has 1 aliphatic carbocycles. The van der Waals surface area contributed by atoms with E-state index in [9.17, 15) is 0 Å². The van der Waals surface area contributed by atoms with Gasteiger partial charge in [0.05, 0.1) is 11.4 Å². The Morgan fingerprint density at radius 3 is 2.71 bits per heavy atom. The van der Waals surface area contributed by atoms with Gasteiger partial charge in [0.15, 0.2) is 0 Å². The molecule has 1 N–H and O–H groups in total. The smallest absolute Gasteiger partial charge is 0.0625 e. The molecule has 118 valence electrons. The summed E-state index contributed by atoms with van der Waals surface area (Å²) in [6.07, 6.45) is 5.04. The van der Waals surface area contributed by atoms with Crippen LogP contribution in [0.2, 0.25) is 0 Å². The van der Waals surface area contributed by atoms with E-state index in [-0.39, 0.29) is 0 Å². The molecule has 4 heteroatoms. The molecule has 1 aromatic rings. The number of piperazine rings is 1. The highest BCUT2D eigenvalue weighted by Crippen LogP contribution is 2.41. The monoisotopic (exact) mass is 290 g/mol. The maximum atomic E-state index is 4.60. The Labute approximate surface area is 128 Å². The van der Waals surface area contributed by atoms with Crippen LogP contribution >= 0.6 is 0 Å².